The van der Waals surface area contributed by atoms with E-state index in [1.165, 1.54) is 22.9 Å². The summed E-state index contributed by atoms with van der Waals surface area (Å²) in [6, 6.07) is 3.47. The topological polar surface area (TPSA) is 98.7 Å². The van der Waals surface area contributed by atoms with Crippen LogP contribution in [0.5, 0.6) is 0 Å². The molecule has 0 unspecified atom stereocenters. The average Bonchev–Trinajstić information content (AvgIpc) is 2.77. The molecule has 7 nitrogen and oxygen atoms in total. The van der Waals surface area contributed by atoms with Crippen molar-refractivity contribution in [3.63, 3.8) is 0 Å². The van der Waals surface area contributed by atoms with E-state index in [1.54, 1.807) is 13.8 Å². The highest BCUT2D eigenvalue weighted by Crippen LogP contribution is 2.18. The van der Waals surface area contributed by atoms with Gasteiger partial charge in [-0.3, -0.25) is 4.79 Å². The molecule has 0 radical (unpaired) electrons. The van der Waals surface area contributed by atoms with Crippen LogP contribution < -0.4 is 11.1 Å². The van der Waals surface area contributed by atoms with Crippen molar-refractivity contribution >= 4 is 24.0 Å². The Morgan fingerprint density at radius 2 is 2.20 bits per heavy atom. The smallest absolute Gasteiger partial charge is 0.240 e. The minimum Gasteiger partial charge on any atom is -0.325 e. The molecule has 2 aromatic rings. The molecule has 1 amide bonds. The minimum atomic E-state index is -0.650. The van der Waals surface area contributed by atoms with E-state index in [0.29, 0.717) is 11.5 Å². The molecule has 20 heavy (non-hydrogen) atoms. The van der Waals surface area contributed by atoms with Gasteiger partial charge in [0, 0.05) is 5.69 Å². The molecule has 9 heteroatoms. The van der Waals surface area contributed by atoms with Gasteiger partial charge in [0.2, 0.25) is 5.91 Å². The predicted molar refractivity (Wildman–Crippen MR) is 73.4 cm³/mol. The number of nitrogens with zero attached hydrogens (tertiary/aromatic N) is 4. The monoisotopic (exact) mass is 300 g/mol. The third-order valence-electron chi connectivity index (χ3n) is 2.48. The number of aryl methyl sites for hydroxylation is 1. The van der Waals surface area contributed by atoms with E-state index >= 15 is 0 Å². The van der Waals surface area contributed by atoms with E-state index in [0.717, 1.165) is 0 Å². The third kappa shape index (κ3) is 3.28. The summed E-state index contributed by atoms with van der Waals surface area (Å²) in [4.78, 5) is 11.5. The zero-order valence-corrected chi connectivity index (χ0v) is 11.7. The molecule has 0 bridgehead atoms. The van der Waals surface area contributed by atoms with Crippen LogP contribution in [0, 0.1) is 12.7 Å². The summed E-state index contributed by atoms with van der Waals surface area (Å²) < 4.78 is 15.0. The van der Waals surface area contributed by atoms with Crippen molar-refractivity contribution in [2.45, 2.75) is 19.9 Å². The second-order valence-corrected chi connectivity index (χ2v) is 4.08. The van der Waals surface area contributed by atoms with E-state index in [9.17, 15) is 9.18 Å². The van der Waals surface area contributed by atoms with Crippen molar-refractivity contribution < 1.29 is 9.18 Å². The first kappa shape index (κ1) is 16.0. The fourth-order valence-corrected chi connectivity index (χ4v) is 1.46. The maximum absolute atomic E-state index is 13.8. The Morgan fingerprint density at radius 1 is 1.50 bits per heavy atom. The third-order valence-corrected chi connectivity index (χ3v) is 2.48. The second-order valence-electron chi connectivity index (χ2n) is 4.08. The zero-order valence-electron chi connectivity index (χ0n) is 10.9. The Balaban J connectivity index is 0.00000200. The summed E-state index contributed by atoms with van der Waals surface area (Å²) in [5, 5.41) is 13.4. The van der Waals surface area contributed by atoms with Crippen LogP contribution in [0.25, 0.3) is 5.69 Å². The van der Waals surface area contributed by atoms with Gasteiger partial charge in [-0.15, -0.1) is 17.5 Å². The normalized spacial score (nSPS) is 11.6. The first-order chi connectivity index (χ1) is 8.99. The van der Waals surface area contributed by atoms with Crippen LogP contribution in [-0.2, 0) is 4.79 Å². The highest BCUT2D eigenvalue weighted by atomic mass is 35.5. The van der Waals surface area contributed by atoms with Gasteiger partial charge >= 0.3 is 0 Å². The molecule has 0 aliphatic heterocycles. The maximum atomic E-state index is 13.8. The highest BCUT2D eigenvalue weighted by molar-refractivity contribution is 5.94. The summed E-state index contributed by atoms with van der Waals surface area (Å²) >= 11 is 0. The van der Waals surface area contributed by atoms with Gasteiger partial charge in [-0.1, -0.05) is 0 Å². The van der Waals surface area contributed by atoms with Gasteiger partial charge in [-0.05, 0) is 42.5 Å². The number of rotatable bonds is 3. The summed E-state index contributed by atoms with van der Waals surface area (Å²) in [5.41, 5.74) is 6.03. The van der Waals surface area contributed by atoms with Crippen LogP contribution in [0.3, 0.4) is 0 Å². The lowest BCUT2D eigenvalue weighted by molar-refractivity contribution is -0.117. The molecule has 0 aliphatic carbocycles. The van der Waals surface area contributed by atoms with Crippen LogP contribution in [0.15, 0.2) is 18.2 Å². The lowest BCUT2D eigenvalue weighted by Crippen LogP contribution is -2.32. The van der Waals surface area contributed by atoms with E-state index in [-0.39, 0.29) is 24.0 Å². The Bertz CT molecular complexity index is 615. The number of nitrogens with one attached hydrogen (secondary N) is 1. The Hall–Kier alpha value is -2.06. The first-order valence-electron chi connectivity index (χ1n) is 5.60. The Kier molecular flexibility index (Phi) is 5.12. The van der Waals surface area contributed by atoms with E-state index in [1.807, 2.05) is 0 Å². The number of benzene rings is 1. The highest BCUT2D eigenvalue weighted by Gasteiger charge is 2.13. The Labute approximate surface area is 120 Å². The zero-order chi connectivity index (χ0) is 14.0. The van der Waals surface area contributed by atoms with Gasteiger partial charge in [-0.2, -0.15) is 4.68 Å². The van der Waals surface area contributed by atoms with Gasteiger partial charge in [0.25, 0.3) is 0 Å². The minimum absolute atomic E-state index is 0. The number of nitrogens with two attached hydrogens (primary N) is 1. The number of carbonyl (C=O) groups is 1. The molecule has 1 heterocycles. The number of tetrazole rings is 1. The summed E-state index contributed by atoms with van der Waals surface area (Å²) in [6.45, 7) is 3.21. The van der Waals surface area contributed by atoms with Gasteiger partial charge in [0.15, 0.2) is 5.82 Å². The predicted octanol–water partition coefficient (Wildman–Crippen LogP) is 0.817. The largest absolute Gasteiger partial charge is 0.325 e. The van der Waals surface area contributed by atoms with Gasteiger partial charge in [0.1, 0.15) is 11.5 Å². The van der Waals surface area contributed by atoms with Gasteiger partial charge < -0.3 is 11.1 Å². The van der Waals surface area contributed by atoms with Crippen LogP contribution in [-0.4, -0.2) is 32.2 Å². The van der Waals surface area contributed by atoms with Crippen molar-refractivity contribution in [3.8, 4) is 5.69 Å². The number of hydrogen-bond donors (Lipinski definition) is 2. The van der Waals surface area contributed by atoms with E-state index in [2.05, 4.69) is 20.8 Å². The average molecular weight is 301 g/mol. The molecule has 108 valence electrons. The molecule has 1 aromatic heterocycles. The van der Waals surface area contributed by atoms with Crippen LogP contribution in [0.1, 0.15) is 12.7 Å². The summed E-state index contributed by atoms with van der Waals surface area (Å²) in [6.07, 6.45) is 0. The number of anilines is 1. The molecule has 3 N–H and O–H groups in total. The van der Waals surface area contributed by atoms with Crippen molar-refractivity contribution in [2.24, 2.45) is 5.73 Å². The molecule has 0 aliphatic rings. The molecule has 0 saturated carbocycles. The van der Waals surface area contributed by atoms with Gasteiger partial charge in [-0.25, -0.2) is 4.39 Å². The molecule has 2 rings (SSSR count). The molecule has 0 spiro atoms. The lowest BCUT2D eigenvalue weighted by atomic mass is 10.2. The summed E-state index contributed by atoms with van der Waals surface area (Å²) in [7, 11) is 0. The standard InChI is InChI=1S/C11H13FN6O.ClH/c1-6(13)11(19)14-8-3-4-9(12)10(5-8)18-7(2)15-16-17-18;/h3-6H,13H2,1-2H3,(H,14,19);1H/t6-;/m0./s1. The fraction of sp³-hybridized carbons (Fsp3) is 0.273. The number of carbonyl (C=O) groups excluding carboxylic acids is 1. The second kappa shape index (κ2) is 6.40. The van der Waals surface area contributed by atoms with Crippen LogP contribution in [0.4, 0.5) is 10.1 Å². The number of hydrogen-bond acceptors (Lipinski definition) is 5. The quantitative estimate of drug-likeness (QED) is 0.874. The molecular formula is C11H14ClFN6O. The van der Waals surface area contributed by atoms with E-state index < -0.39 is 11.9 Å². The Morgan fingerprint density at radius 3 is 2.75 bits per heavy atom. The molecule has 1 atom stereocenters. The first-order valence-corrected chi connectivity index (χ1v) is 5.60. The number of aromatic nitrogens is 4. The maximum Gasteiger partial charge on any atom is 0.240 e. The molecule has 1 aromatic carbocycles. The van der Waals surface area contributed by atoms with E-state index in [4.69, 9.17) is 5.73 Å². The van der Waals surface area contributed by atoms with Crippen LogP contribution >= 0.6 is 12.4 Å². The van der Waals surface area contributed by atoms with Crippen LogP contribution in [0.2, 0.25) is 0 Å². The molecule has 0 saturated heterocycles. The SMILES string of the molecule is Cc1nnnn1-c1cc(NC(=O)[C@H](C)N)ccc1F.Cl. The van der Waals surface area contributed by atoms with Crippen molar-refractivity contribution in [1.82, 2.24) is 20.2 Å². The van der Waals surface area contributed by atoms with Crippen molar-refractivity contribution in [3.05, 3.63) is 29.8 Å². The lowest BCUT2D eigenvalue weighted by Gasteiger charge is -2.10. The van der Waals surface area contributed by atoms with Gasteiger partial charge in [0.05, 0.1) is 6.04 Å². The molecule has 0 fully saturated rings. The number of halogens is 2. The molecular weight excluding hydrogens is 287 g/mol. The van der Waals surface area contributed by atoms with Crippen molar-refractivity contribution in [1.29, 1.82) is 0 Å². The number of amides is 1. The van der Waals surface area contributed by atoms with Crippen molar-refractivity contribution in [2.75, 3.05) is 5.32 Å². The fourth-order valence-electron chi connectivity index (χ4n) is 1.46. The summed E-state index contributed by atoms with van der Waals surface area (Å²) in [5.74, 6) is -0.408.